The first kappa shape index (κ1) is 17.4. The molecule has 2 rings (SSSR count). The number of hydrogen-bond donors (Lipinski definition) is 4. The first-order valence-electron chi connectivity index (χ1n) is 8.00. The van der Waals surface area contributed by atoms with Gasteiger partial charge in [0.25, 0.3) is 5.91 Å². The smallest absolute Gasteiger partial charge is 0.326 e. The molecule has 1 aliphatic rings. The number of hydrogen-bond acceptors (Lipinski definition) is 4. The molecule has 6 heteroatoms. The molecule has 126 valence electrons. The molecular weight excluding hydrogens is 296 g/mol. The molecular formula is C17H24N2O4. The minimum absolute atomic E-state index is 0.0750. The molecule has 0 unspecified atom stereocenters. The average Bonchev–Trinajstić information content (AvgIpc) is 3.06. The van der Waals surface area contributed by atoms with Crippen LogP contribution in [0.3, 0.4) is 0 Å². The summed E-state index contributed by atoms with van der Waals surface area (Å²) < 4.78 is 0. The van der Waals surface area contributed by atoms with Gasteiger partial charge in [-0.2, -0.15) is 0 Å². The van der Waals surface area contributed by atoms with E-state index in [1.807, 2.05) is 30.3 Å². The molecule has 1 amide bonds. The van der Waals surface area contributed by atoms with Crippen LogP contribution in [0, 0.1) is 5.92 Å². The Labute approximate surface area is 135 Å². The van der Waals surface area contributed by atoms with Crippen LogP contribution in [0.5, 0.6) is 0 Å². The van der Waals surface area contributed by atoms with Gasteiger partial charge >= 0.3 is 5.97 Å². The van der Waals surface area contributed by atoms with E-state index in [1.165, 1.54) is 0 Å². The van der Waals surface area contributed by atoms with Crippen molar-refractivity contribution in [3.05, 3.63) is 35.9 Å². The number of aliphatic carboxylic acids is 1. The molecule has 1 aromatic carbocycles. The van der Waals surface area contributed by atoms with E-state index >= 15 is 0 Å². The molecule has 0 spiro atoms. The lowest BCUT2D eigenvalue weighted by atomic mass is 9.97. The molecule has 1 aromatic rings. The number of aliphatic hydroxyl groups excluding tert-OH is 1. The lowest BCUT2D eigenvalue weighted by Gasteiger charge is -2.24. The van der Waals surface area contributed by atoms with Crippen molar-refractivity contribution in [2.24, 2.45) is 11.7 Å². The third-order valence-electron chi connectivity index (χ3n) is 4.42. The molecule has 3 atom stereocenters. The van der Waals surface area contributed by atoms with Crippen molar-refractivity contribution < 1.29 is 19.8 Å². The van der Waals surface area contributed by atoms with Crippen LogP contribution in [0.15, 0.2) is 30.3 Å². The molecule has 1 aliphatic carbocycles. The summed E-state index contributed by atoms with van der Waals surface area (Å²) in [5.41, 5.74) is 6.81. The standard InChI is InChI=1S/C17H24N2O4/c18-13(10-11-6-2-1-3-7-11)15(20)16(21)19-14(17(22)23)12-8-4-5-9-12/h1-3,6-7,12-15,20H,4-5,8-10,18H2,(H,19,21)(H,22,23)/t13-,14+,15+/m1/s1. The van der Waals surface area contributed by atoms with Gasteiger partial charge in [0.05, 0.1) is 0 Å². The van der Waals surface area contributed by atoms with E-state index in [0.717, 1.165) is 31.2 Å². The third kappa shape index (κ3) is 4.77. The highest BCUT2D eigenvalue weighted by molar-refractivity contribution is 5.86. The first-order chi connectivity index (χ1) is 11.0. The molecule has 0 aromatic heterocycles. The monoisotopic (exact) mass is 320 g/mol. The second-order valence-electron chi connectivity index (χ2n) is 6.17. The van der Waals surface area contributed by atoms with Gasteiger partial charge in [-0.1, -0.05) is 43.2 Å². The molecule has 1 fully saturated rings. The van der Waals surface area contributed by atoms with Crippen molar-refractivity contribution in [2.45, 2.75) is 50.3 Å². The van der Waals surface area contributed by atoms with Crippen molar-refractivity contribution in [3.63, 3.8) is 0 Å². The number of benzene rings is 1. The zero-order valence-corrected chi connectivity index (χ0v) is 13.0. The Morgan fingerprint density at radius 1 is 1.22 bits per heavy atom. The van der Waals surface area contributed by atoms with Crippen LogP contribution in [0.25, 0.3) is 0 Å². The maximum atomic E-state index is 12.1. The minimum atomic E-state index is -1.43. The fourth-order valence-electron chi connectivity index (χ4n) is 3.10. The normalized spacial score (nSPS) is 19.0. The Morgan fingerprint density at radius 3 is 2.39 bits per heavy atom. The van der Waals surface area contributed by atoms with Gasteiger partial charge in [-0.25, -0.2) is 4.79 Å². The number of nitrogens with two attached hydrogens (primary N) is 1. The highest BCUT2D eigenvalue weighted by Gasteiger charge is 2.34. The highest BCUT2D eigenvalue weighted by Crippen LogP contribution is 2.28. The number of carbonyl (C=O) groups excluding carboxylic acids is 1. The summed E-state index contributed by atoms with van der Waals surface area (Å²) in [5, 5.41) is 21.9. The molecule has 23 heavy (non-hydrogen) atoms. The molecule has 0 heterocycles. The number of nitrogens with one attached hydrogen (secondary N) is 1. The zero-order chi connectivity index (χ0) is 16.8. The largest absolute Gasteiger partial charge is 0.480 e. The molecule has 5 N–H and O–H groups in total. The zero-order valence-electron chi connectivity index (χ0n) is 13.0. The summed E-state index contributed by atoms with van der Waals surface area (Å²) in [5.74, 6) is -1.85. The molecule has 0 radical (unpaired) electrons. The van der Waals surface area contributed by atoms with Crippen LogP contribution < -0.4 is 11.1 Å². The third-order valence-corrected chi connectivity index (χ3v) is 4.42. The summed E-state index contributed by atoms with van der Waals surface area (Å²) in [6.45, 7) is 0. The van der Waals surface area contributed by atoms with Crippen LogP contribution in [-0.2, 0) is 16.0 Å². The maximum absolute atomic E-state index is 12.1. The van der Waals surface area contributed by atoms with Crippen molar-refractivity contribution in [1.82, 2.24) is 5.32 Å². The van der Waals surface area contributed by atoms with Crippen LogP contribution in [-0.4, -0.2) is 40.3 Å². The molecule has 1 saturated carbocycles. The number of carbonyl (C=O) groups is 2. The lowest BCUT2D eigenvalue weighted by Crippen LogP contribution is -2.53. The Kier molecular flexibility index (Phi) is 6.12. The van der Waals surface area contributed by atoms with Gasteiger partial charge in [0.15, 0.2) is 0 Å². The predicted molar refractivity (Wildman–Crippen MR) is 85.7 cm³/mol. The van der Waals surface area contributed by atoms with E-state index in [9.17, 15) is 19.8 Å². The minimum Gasteiger partial charge on any atom is -0.480 e. The Bertz CT molecular complexity index is 529. The summed E-state index contributed by atoms with van der Waals surface area (Å²) in [6.07, 6.45) is 2.42. The topological polar surface area (TPSA) is 113 Å². The van der Waals surface area contributed by atoms with Crippen molar-refractivity contribution in [2.75, 3.05) is 0 Å². The van der Waals surface area contributed by atoms with E-state index < -0.39 is 30.1 Å². The van der Waals surface area contributed by atoms with Gasteiger partial charge in [-0.3, -0.25) is 4.79 Å². The van der Waals surface area contributed by atoms with Crippen LogP contribution in [0.1, 0.15) is 31.2 Å². The lowest BCUT2D eigenvalue weighted by molar-refractivity contribution is -0.145. The van der Waals surface area contributed by atoms with Crippen LogP contribution in [0.2, 0.25) is 0 Å². The fourth-order valence-corrected chi connectivity index (χ4v) is 3.10. The van der Waals surface area contributed by atoms with Crippen molar-refractivity contribution in [3.8, 4) is 0 Å². The number of carboxylic acid groups (broad SMARTS) is 1. The fraction of sp³-hybridized carbons (Fsp3) is 0.529. The summed E-state index contributed by atoms with van der Waals surface area (Å²) in [4.78, 5) is 23.5. The summed E-state index contributed by atoms with van der Waals surface area (Å²) in [6, 6.07) is 7.58. The second-order valence-corrected chi connectivity index (χ2v) is 6.17. The van der Waals surface area contributed by atoms with Crippen LogP contribution in [0.4, 0.5) is 0 Å². The average molecular weight is 320 g/mol. The van der Waals surface area contributed by atoms with E-state index in [1.54, 1.807) is 0 Å². The van der Waals surface area contributed by atoms with Gasteiger partial charge < -0.3 is 21.3 Å². The summed E-state index contributed by atoms with van der Waals surface area (Å²) in [7, 11) is 0. The number of carboxylic acids is 1. The Balaban J connectivity index is 1.93. The Hall–Kier alpha value is -1.92. The second kappa shape index (κ2) is 8.08. The van der Waals surface area contributed by atoms with Crippen LogP contribution >= 0.6 is 0 Å². The molecule has 6 nitrogen and oxygen atoms in total. The van der Waals surface area contributed by atoms with Crippen molar-refractivity contribution >= 4 is 11.9 Å². The summed E-state index contributed by atoms with van der Waals surface area (Å²) >= 11 is 0. The van der Waals surface area contributed by atoms with E-state index in [2.05, 4.69) is 5.32 Å². The number of amides is 1. The van der Waals surface area contributed by atoms with Crippen molar-refractivity contribution in [1.29, 1.82) is 0 Å². The number of rotatable bonds is 7. The van der Waals surface area contributed by atoms with Gasteiger partial charge in [-0.15, -0.1) is 0 Å². The predicted octanol–water partition coefficient (Wildman–Crippen LogP) is 0.677. The molecule has 0 saturated heterocycles. The first-order valence-corrected chi connectivity index (χ1v) is 8.00. The maximum Gasteiger partial charge on any atom is 0.326 e. The molecule has 0 aliphatic heterocycles. The van der Waals surface area contributed by atoms with E-state index in [-0.39, 0.29) is 5.92 Å². The van der Waals surface area contributed by atoms with E-state index in [4.69, 9.17) is 5.73 Å². The van der Waals surface area contributed by atoms with Gasteiger partial charge in [0.2, 0.25) is 0 Å². The van der Waals surface area contributed by atoms with Gasteiger partial charge in [0, 0.05) is 6.04 Å². The Morgan fingerprint density at radius 2 is 1.83 bits per heavy atom. The highest BCUT2D eigenvalue weighted by atomic mass is 16.4. The van der Waals surface area contributed by atoms with E-state index in [0.29, 0.717) is 6.42 Å². The van der Waals surface area contributed by atoms with Gasteiger partial charge in [0.1, 0.15) is 12.1 Å². The van der Waals surface area contributed by atoms with Gasteiger partial charge in [-0.05, 0) is 30.7 Å². The number of aliphatic hydroxyl groups is 1. The quantitative estimate of drug-likeness (QED) is 0.590. The SMILES string of the molecule is N[C@H](Cc1ccccc1)[C@H](O)C(=O)N[C@H](C(=O)O)C1CCCC1. The molecule has 0 bridgehead atoms.